The van der Waals surface area contributed by atoms with Gasteiger partial charge in [-0.2, -0.15) is 0 Å². The first-order chi connectivity index (χ1) is 21.0. The SMILES string of the molecule is COC(=O)c1cccc(OCC2CCN(c3ncc(CC(=O)c4oc5ccc(-c6ccccc6)cc5c4C)cn3)CC2)c1. The molecule has 8 nitrogen and oxygen atoms in total. The number of aryl methyl sites for hydroxylation is 1. The highest BCUT2D eigenvalue weighted by Crippen LogP contribution is 2.31. The van der Waals surface area contributed by atoms with E-state index in [1.807, 2.05) is 43.3 Å². The van der Waals surface area contributed by atoms with E-state index in [0.717, 1.165) is 53.6 Å². The number of esters is 1. The van der Waals surface area contributed by atoms with Crippen LogP contribution in [0.15, 0.2) is 89.6 Å². The van der Waals surface area contributed by atoms with Crippen molar-refractivity contribution in [2.24, 2.45) is 5.92 Å². The van der Waals surface area contributed by atoms with E-state index in [2.05, 4.69) is 33.1 Å². The van der Waals surface area contributed by atoms with Crippen molar-refractivity contribution in [1.82, 2.24) is 9.97 Å². The summed E-state index contributed by atoms with van der Waals surface area (Å²) in [7, 11) is 1.37. The Bertz CT molecular complexity index is 1740. The van der Waals surface area contributed by atoms with Crippen molar-refractivity contribution >= 4 is 28.7 Å². The number of fused-ring (bicyclic) bond motifs is 1. The zero-order chi connectivity index (χ0) is 29.8. The second kappa shape index (κ2) is 12.5. The molecule has 0 amide bonds. The van der Waals surface area contributed by atoms with Crippen LogP contribution >= 0.6 is 0 Å². The van der Waals surface area contributed by atoms with Crippen LogP contribution in [0.25, 0.3) is 22.1 Å². The standard InChI is InChI=1S/C35H33N3O5/c1-23-30-19-27(26-7-4-3-5-8-26)11-12-32(30)43-33(23)31(39)17-25-20-36-35(37-21-25)38-15-13-24(14-16-38)22-42-29-10-6-9-28(18-29)34(40)41-2/h3-12,18-21,24H,13-17,22H2,1-2H3. The number of methoxy groups -OCH3 is 1. The number of nitrogens with zero attached hydrogens (tertiary/aromatic N) is 3. The number of ketones is 1. The molecule has 1 fully saturated rings. The minimum atomic E-state index is -0.378. The molecule has 1 saturated heterocycles. The Kier molecular flexibility index (Phi) is 8.18. The zero-order valence-electron chi connectivity index (χ0n) is 24.3. The molecule has 5 aromatic rings. The van der Waals surface area contributed by atoms with E-state index in [0.29, 0.717) is 41.1 Å². The van der Waals surface area contributed by atoms with Gasteiger partial charge in [0.2, 0.25) is 11.7 Å². The summed E-state index contributed by atoms with van der Waals surface area (Å²) >= 11 is 0. The van der Waals surface area contributed by atoms with Crippen molar-refractivity contribution in [3.05, 3.63) is 108 Å². The summed E-state index contributed by atoms with van der Waals surface area (Å²) in [6, 6.07) is 23.2. The van der Waals surface area contributed by atoms with Crippen LogP contribution in [0.2, 0.25) is 0 Å². The zero-order valence-corrected chi connectivity index (χ0v) is 24.3. The summed E-state index contributed by atoms with van der Waals surface area (Å²) in [5, 5.41) is 0.944. The van der Waals surface area contributed by atoms with Gasteiger partial charge >= 0.3 is 5.97 Å². The number of carbonyl (C=O) groups excluding carboxylic acids is 2. The smallest absolute Gasteiger partial charge is 0.337 e. The number of benzene rings is 3. The first kappa shape index (κ1) is 28.2. The van der Waals surface area contributed by atoms with Crippen LogP contribution < -0.4 is 9.64 Å². The number of hydrogen-bond acceptors (Lipinski definition) is 8. The van der Waals surface area contributed by atoms with Gasteiger partial charge in [-0.1, -0.05) is 42.5 Å². The largest absolute Gasteiger partial charge is 0.493 e. The Labute approximate surface area is 250 Å². The lowest BCUT2D eigenvalue weighted by Crippen LogP contribution is -2.36. The van der Waals surface area contributed by atoms with Crippen molar-refractivity contribution in [3.8, 4) is 16.9 Å². The minimum absolute atomic E-state index is 0.0933. The molecule has 43 heavy (non-hydrogen) atoms. The topological polar surface area (TPSA) is 94.8 Å². The predicted molar refractivity (Wildman–Crippen MR) is 165 cm³/mol. The number of furan rings is 1. The molecular weight excluding hydrogens is 542 g/mol. The van der Waals surface area contributed by atoms with Crippen molar-refractivity contribution < 1.29 is 23.5 Å². The molecular formula is C35H33N3O5. The molecule has 0 radical (unpaired) electrons. The van der Waals surface area contributed by atoms with Crippen LogP contribution in [0.3, 0.4) is 0 Å². The third kappa shape index (κ3) is 6.28. The number of anilines is 1. The number of rotatable bonds is 9. The molecule has 0 bridgehead atoms. The quantitative estimate of drug-likeness (QED) is 0.141. The van der Waals surface area contributed by atoms with E-state index in [9.17, 15) is 9.59 Å². The van der Waals surface area contributed by atoms with Gasteiger partial charge < -0.3 is 18.8 Å². The highest BCUT2D eigenvalue weighted by atomic mass is 16.5. The molecule has 0 spiro atoms. The molecule has 0 aliphatic carbocycles. The van der Waals surface area contributed by atoms with Crippen molar-refractivity contribution in [2.45, 2.75) is 26.2 Å². The number of carbonyl (C=O) groups is 2. The summed E-state index contributed by atoms with van der Waals surface area (Å²) in [5.74, 6) is 1.63. The molecule has 218 valence electrons. The van der Waals surface area contributed by atoms with E-state index in [1.54, 1.807) is 30.6 Å². The molecule has 0 saturated carbocycles. The Morgan fingerprint density at radius 1 is 0.930 bits per heavy atom. The normalized spacial score (nSPS) is 13.7. The average Bonchev–Trinajstić information content (AvgIpc) is 3.40. The molecule has 0 atom stereocenters. The summed E-state index contributed by atoms with van der Waals surface area (Å²) in [4.78, 5) is 36.3. The van der Waals surface area contributed by atoms with E-state index < -0.39 is 0 Å². The van der Waals surface area contributed by atoms with Crippen LogP contribution in [-0.2, 0) is 11.2 Å². The minimum Gasteiger partial charge on any atom is -0.493 e. The second-order valence-corrected chi connectivity index (χ2v) is 10.9. The predicted octanol–water partition coefficient (Wildman–Crippen LogP) is 6.71. The first-order valence-corrected chi connectivity index (χ1v) is 14.5. The number of Topliss-reactive ketones (excluding diaryl/α,β-unsaturated/α-hetero) is 1. The molecule has 1 aliphatic heterocycles. The van der Waals surface area contributed by atoms with E-state index >= 15 is 0 Å². The third-order valence-electron chi connectivity index (χ3n) is 7.99. The number of ether oxygens (including phenoxy) is 2. The van der Waals surface area contributed by atoms with E-state index in [-0.39, 0.29) is 18.2 Å². The summed E-state index contributed by atoms with van der Waals surface area (Å²) < 4.78 is 16.7. The number of piperidine rings is 1. The van der Waals surface area contributed by atoms with Gasteiger partial charge in [-0.15, -0.1) is 0 Å². The van der Waals surface area contributed by atoms with E-state index in [4.69, 9.17) is 13.9 Å². The monoisotopic (exact) mass is 575 g/mol. The van der Waals surface area contributed by atoms with Crippen LogP contribution in [0.4, 0.5) is 5.95 Å². The Morgan fingerprint density at radius 3 is 2.44 bits per heavy atom. The highest BCUT2D eigenvalue weighted by Gasteiger charge is 2.23. The fourth-order valence-corrected chi connectivity index (χ4v) is 5.51. The van der Waals surface area contributed by atoms with Gasteiger partial charge in [-0.3, -0.25) is 4.79 Å². The summed E-state index contributed by atoms with van der Waals surface area (Å²) in [6.07, 6.45) is 5.52. The van der Waals surface area contributed by atoms with Gasteiger partial charge in [0.25, 0.3) is 0 Å². The van der Waals surface area contributed by atoms with Crippen molar-refractivity contribution in [1.29, 1.82) is 0 Å². The maximum absolute atomic E-state index is 13.2. The average molecular weight is 576 g/mol. The fraction of sp³-hybridized carbons (Fsp3) is 0.257. The van der Waals surface area contributed by atoms with Crippen LogP contribution in [-0.4, -0.2) is 48.5 Å². The molecule has 1 aliphatic rings. The van der Waals surface area contributed by atoms with Gasteiger partial charge in [0.15, 0.2) is 5.76 Å². The van der Waals surface area contributed by atoms with Gasteiger partial charge in [0.05, 0.1) is 19.3 Å². The van der Waals surface area contributed by atoms with Gasteiger partial charge in [-0.05, 0) is 72.7 Å². The lowest BCUT2D eigenvalue weighted by molar-refractivity contribution is 0.0600. The van der Waals surface area contributed by atoms with Gasteiger partial charge in [-0.25, -0.2) is 14.8 Å². The van der Waals surface area contributed by atoms with Gasteiger partial charge in [0.1, 0.15) is 11.3 Å². The molecule has 6 rings (SSSR count). The molecule has 0 unspecified atom stereocenters. The first-order valence-electron chi connectivity index (χ1n) is 14.5. The fourth-order valence-electron chi connectivity index (χ4n) is 5.51. The number of aromatic nitrogens is 2. The van der Waals surface area contributed by atoms with E-state index in [1.165, 1.54) is 7.11 Å². The molecule has 3 aromatic carbocycles. The van der Waals surface area contributed by atoms with Crippen LogP contribution in [0.5, 0.6) is 5.75 Å². The molecule has 8 heteroatoms. The molecule has 3 heterocycles. The maximum atomic E-state index is 13.2. The lowest BCUT2D eigenvalue weighted by Gasteiger charge is -2.31. The van der Waals surface area contributed by atoms with Gasteiger partial charge in [0, 0.05) is 42.9 Å². The van der Waals surface area contributed by atoms with Crippen molar-refractivity contribution in [3.63, 3.8) is 0 Å². The third-order valence-corrected chi connectivity index (χ3v) is 7.99. The second-order valence-electron chi connectivity index (χ2n) is 10.9. The Morgan fingerprint density at radius 2 is 1.70 bits per heavy atom. The summed E-state index contributed by atoms with van der Waals surface area (Å²) in [6.45, 7) is 4.14. The highest BCUT2D eigenvalue weighted by molar-refractivity contribution is 6.02. The lowest BCUT2D eigenvalue weighted by atomic mass is 9.98. The maximum Gasteiger partial charge on any atom is 0.337 e. The van der Waals surface area contributed by atoms with Crippen LogP contribution in [0, 0.1) is 12.8 Å². The Balaban J connectivity index is 1.03. The summed E-state index contributed by atoms with van der Waals surface area (Å²) in [5.41, 5.74) is 4.98. The van der Waals surface area contributed by atoms with Crippen molar-refractivity contribution in [2.75, 3.05) is 31.7 Å². The number of hydrogen-bond donors (Lipinski definition) is 0. The molecule has 0 N–H and O–H groups in total. The van der Waals surface area contributed by atoms with Crippen LogP contribution in [0.1, 0.15) is 44.9 Å². The Hall–Kier alpha value is -4.98. The molecule has 2 aromatic heterocycles.